The second-order valence-electron chi connectivity index (χ2n) is 5.47. The number of halogens is 1. The molecule has 0 aliphatic carbocycles. The van der Waals surface area contributed by atoms with Crippen molar-refractivity contribution in [1.29, 1.82) is 0 Å². The molecule has 7 heteroatoms. The number of aryl methyl sites for hydroxylation is 1. The molecule has 23 heavy (non-hydrogen) atoms. The highest BCUT2D eigenvalue weighted by Crippen LogP contribution is 2.25. The molecule has 0 N–H and O–H groups in total. The lowest BCUT2D eigenvalue weighted by Crippen LogP contribution is -2.25. The van der Waals surface area contributed by atoms with Gasteiger partial charge in [-0.1, -0.05) is 23.4 Å². The summed E-state index contributed by atoms with van der Waals surface area (Å²) in [5.74, 6) is 0.690. The van der Waals surface area contributed by atoms with Crippen LogP contribution in [-0.4, -0.2) is 14.5 Å². The summed E-state index contributed by atoms with van der Waals surface area (Å²) in [5, 5.41) is 4.96. The molecule has 0 unspecified atom stereocenters. The van der Waals surface area contributed by atoms with Gasteiger partial charge in [-0.3, -0.25) is 9.36 Å². The molecule has 0 radical (unpaired) electrons. The van der Waals surface area contributed by atoms with E-state index in [2.05, 4.69) is 9.97 Å². The number of hydrogen-bond acceptors (Lipinski definition) is 5. The molecule has 0 aliphatic rings. The van der Waals surface area contributed by atoms with Crippen LogP contribution in [0.5, 0.6) is 0 Å². The molecular weight excluding hydrogens is 350 g/mol. The SMILES string of the molecule is Cc1nc(CSc2nc3cc(Cl)ccc3c(=O)n2C(C)C)cs1. The summed E-state index contributed by atoms with van der Waals surface area (Å²) in [6.45, 7) is 5.96. The molecule has 2 aromatic heterocycles. The van der Waals surface area contributed by atoms with E-state index in [1.54, 1.807) is 34.1 Å². The van der Waals surface area contributed by atoms with E-state index >= 15 is 0 Å². The number of fused-ring (bicyclic) bond motifs is 1. The zero-order chi connectivity index (χ0) is 16.6. The van der Waals surface area contributed by atoms with Crippen molar-refractivity contribution in [2.24, 2.45) is 0 Å². The minimum absolute atomic E-state index is 0.0291. The Labute approximate surface area is 147 Å². The molecular formula is C16H16ClN3OS2. The van der Waals surface area contributed by atoms with Gasteiger partial charge in [0.05, 0.1) is 21.6 Å². The first-order valence-corrected chi connectivity index (χ1v) is 9.45. The Bertz CT molecular complexity index is 917. The van der Waals surface area contributed by atoms with E-state index < -0.39 is 0 Å². The van der Waals surface area contributed by atoms with Crippen LogP contribution in [0.4, 0.5) is 0 Å². The fraction of sp³-hybridized carbons (Fsp3) is 0.312. The van der Waals surface area contributed by atoms with Crippen LogP contribution in [0.2, 0.25) is 5.02 Å². The zero-order valence-electron chi connectivity index (χ0n) is 13.0. The predicted octanol–water partition coefficient (Wildman–Crippen LogP) is 4.69. The average Bonchev–Trinajstić information content (AvgIpc) is 2.90. The summed E-state index contributed by atoms with van der Waals surface area (Å²) in [7, 11) is 0. The summed E-state index contributed by atoms with van der Waals surface area (Å²) in [5.41, 5.74) is 1.61. The topological polar surface area (TPSA) is 47.8 Å². The largest absolute Gasteiger partial charge is 0.285 e. The average molecular weight is 366 g/mol. The second-order valence-corrected chi connectivity index (χ2v) is 7.91. The molecule has 1 aromatic carbocycles. The van der Waals surface area contributed by atoms with Gasteiger partial charge < -0.3 is 0 Å². The van der Waals surface area contributed by atoms with Gasteiger partial charge in [-0.25, -0.2) is 9.97 Å². The van der Waals surface area contributed by atoms with E-state index in [4.69, 9.17) is 11.6 Å². The van der Waals surface area contributed by atoms with Crippen molar-refractivity contribution in [1.82, 2.24) is 14.5 Å². The Kier molecular flexibility index (Phi) is 4.75. The lowest BCUT2D eigenvalue weighted by molar-refractivity contribution is 0.519. The van der Waals surface area contributed by atoms with Crippen molar-refractivity contribution >= 4 is 45.6 Å². The summed E-state index contributed by atoms with van der Waals surface area (Å²) in [6, 6.07) is 5.24. The molecule has 0 amide bonds. The van der Waals surface area contributed by atoms with Crippen LogP contribution < -0.4 is 5.56 Å². The number of aromatic nitrogens is 3. The van der Waals surface area contributed by atoms with Crippen molar-refractivity contribution in [3.63, 3.8) is 0 Å². The monoisotopic (exact) mass is 365 g/mol. The Balaban J connectivity index is 2.06. The van der Waals surface area contributed by atoms with Gasteiger partial charge in [0.25, 0.3) is 5.56 Å². The van der Waals surface area contributed by atoms with Gasteiger partial charge in [0.1, 0.15) is 0 Å². The number of thioether (sulfide) groups is 1. The minimum atomic E-state index is -0.0291. The van der Waals surface area contributed by atoms with Crippen LogP contribution in [0.25, 0.3) is 10.9 Å². The van der Waals surface area contributed by atoms with E-state index in [0.717, 1.165) is 10.7 Å². The first kappa shape index (κ1) is 16.5. The van der Waals surface area contributed by atoms with Crippen LogP contribution in [0.1, 0.15) is 30.6 Å². The van der Waals surface area contributed by atoms with Crippen LogP contribution >= 0.6 is 34.7 Å². The summed E-state index contributed by atoms with van der Waals surface area (Å²) < 4.78 is 1.74. The molecule has 0 atom stereocenters. The summed E-state index contributed by atoms with van der Waals surface area (Å²) >= 11 is 9.19. The lowest BCUT2D eigenvalue weighted by atomic mass is 10.2. The van der Waals surface area contributed by atoms with Crippen LogP contribution in [0.15, 0.2) is 33.5 Å². The molecule has 3 rings (SSSR count). The van der Waals surface area contributed by atoms with Gasteiger partial charge >= 0.3 is 0 Å². The standard InChI is InChI=1S/C16H16ClN3OS2/c1-9(2)20-15(21)13-5-4-11(17)6-14(13)19-16(20)23-8-12-7-22-10(3)18-12/h4-7,9H,8H2,1-3H3. The Morgan fingerprint density at radius 3 is 2.78 bits per heavy atom. The maximum absolute atomic E-state index is 12.8. The minimum Gasteiger partial charge on any atom is -0.285 e. The van der Waals surface area contributed by atoms with Gasteiger partial charge in [-0.15, -0.1) is 11.3 Å². The number of benzene rings is 1. The van der Waals surface area contributed by atoms with Crippen molar-refractivity contribution in [3.8, 4) is 0 Å². The van der Waals surface area contributed by atoms with Crippen LogP contribution in [-0.2, 0) is 5.75 Å². The van der Waals surface area contributed by atoms with Crippen molar-refractivity contribution in [2.45, 2.75) is 37.7 Å². The van der Waals surface area contributed by atoms with Crippen molar-refractivity contribution in [3.05, 3.63) is 49.7 Å². The van der Waals surface area contributed by atoms with Crippen LogP contribution in [0.3, 0.4) is 0 Å². The summed E-state index contributed by atoms with van der Waals surface area (Å²) in [6.07, 6.45) is 0. The molecule has 0 bridgehead atoms. The highest BCUT2D eigenvalue weighted by molar-refractivity contribution is 7.98. The van der Waals surface area contributed by atoms with Gasteiger partial charge in [0.15, 0.2) is 5.16 Å². The fourth-order valence-electron chi connectivity index (χ4n) is 2.32. The first-order chi connectivity index (χ1) is 11.0. The van der Waals surface area contributed by atoms with E-state index in [1.807, 2.05) is 26.2 Å². The predicted molar refractivity (Wildman–Crippen MR) is 97.8 cm³/mol. The zero-order valence-corrected chi connectivity index (χ0v) is 15.4. The fourth-order valence-corrected chi connectivity index (χ4v) is 4.23. The number of hydrogen-bond donors (Lipinski definition) is 0. The number of nitrogens with zero attached hydrogens (tertiary/aromatic N) is 3. The Hall–Kier alpha value is -1.37. The molecule has 120 valence electrons. The summed E-state index contributed by atoms with van der Waals surface area (Å²) in [4.78, 5) is 21.9. The quantitative estimate of drug-likeness (QED) is 0.497. The maximum Gasteiger partial charge on any atom is 0.262 e. The highest BCUT2D eigenvalue weighted by atomic mass is 35.5. The Morgan fingerprint density at radius 1 is 1.35 bits per heavy atom. The molecule has 4 nitrogen and oxygen atoms in total. The van der Waals surface area contributed by atoms with Gasteiger partial charge in [0, 0.05) is 22.2 Å². The van der Waals surface area contributed by atoms with E-state index in [1.165, 1.54) is 11.8 Å². The third-order valence-electron chi connectivity index (χ3n) is 3.36. The Morgan fingerprint density at radius 2 is 2.13 bits per heavy atom. The second kappa shape index (κ2) is 6.63. The third kappa shape index (κ3) is 3.44. The molecule has 0 aliphatic heterocycles. The first-order valence-electron chi connectivity index (χ1n) is 7.21. The molecule has 3 aromatic rings. The molecule has 0 saturated heterocycles. The van der Waals surface area contributed by atoms with E-state index in [9.17, 15) is 4.79 Å². The molecule has 2 heterocycles. The van der Waals surface area contributed by atoms with Crippen molar-refractivity contribution < 1.29 is 0 Å². The molecule has 0 fully saturated rings. The van der Waals surface area contributed by atoms with Gasteiger partial charge in [0.2, 0.25) is 0 Å². The van der Waals surface area contributed by atoms with Crippen molar-refractivity contribution in [2.75, 3.05) is 0 Å². The smallest absolute Gasteiger partial charge is 0.262 e. The van der Waals surface area contributed by atoms with Gasteiger partial charge in [-0.2, -0.15) is 0 Å². The molecule has 0 spiro atoms. The molecule has 0 saturated carbocycles. The third-order valence-corrected chi connectivity index (χ3v) is 5.41. The van der Waals surface area contributed by atoms with E-state index in [0.29, 0.717) is 26.8 Å². The number of rotatable bonds is 4. The van der Waals surface area contributed by atoms with Gasteiger partial charge in [-0.05, 0) is 39.0 Å². The number of thiazole rings is 1. The maximum atomic E-state index is 12.8. The van der Waals surface area contributed by atoms with E-state index in [-0.39, 0.29) is 11.6 Å². The normalized spacial score (nSPS) is 11.5. The van der Waals surface area contributed by atoms with Crippen LogP contribution in [0, 0.1) is 6.92 Å². The highest BCUT2D eigenvalue weighted by Gasteiger charge is 2.15. The lowest BCUT2D eigenvalue weighted by Gasteiger charge is -2.15.